The van der Waals surface area contributed by atoms with Gasteiger partial charge in [0.25, 0.3) is 0 Å². The van der Waals surface area contributed by atoms with Crippen LogP contribution in [-0.2, 0) is 9.47 Å². The summed E-state index contributed by atoms with van der Waals surface area (Å²) in [5.41, 5.74) is 0. The molecule has 0 spiro atoms. The largest absolute Gasteiger partial charge is 0.450 e. The Labute approximate surface area is 108 Å². The van der Waals surface area contributed by atoms with Crippen LogP contribution in [0.15, 0.2) is 0 Å². The highest BCUT2D eigenvalue weighted by atomic mass is 16.6. The van der Waals surface area contributed by atoms with E-state index in [0.717, 1.165) is 52.5 Å². The Morgan fingerprint density at radius 1 is 1.39 bits per heavy atom. The maximum atomic E-state index is 11.5. The van der Waals surface area contributed by atoms with E-state index in [9.17, 15) is 4.79 Å². The van der Waals surface area contributed by atoms with Crippen molar-refractivity contribution < 1.29 is 14.3 Å². The maximum absolute atomic E-state index is 11.5. The van der Waals surface area contributed by atoms with Crippen LogP contribution >= 0.6 is 0 Å². The number of nitrogens with one attached hydrogen (secondary N) is 1. The van der Waals surface area contributed by atoms with Gasteiger partial charge in [-0.05, 0) is 6.92 Å². The van der Waals surface area contributed by atoms with Gasteiger partial charge in [-0.1, -0.05) is 0 Å². The molecule has 1 atom stereocenters. The lowest BCUT2D eigenvalue weighted by molar-refractivity contribution is 0.0459. The Hall–Kier alpha value is -0.850. The first kappa shape index (κ1) is 13.6. The van der Waals surface area contributed by atoms with Crippen LogP contribution in [0.4, 0.5) is 4.79 Å². The number of carbonyl (C=O) groups excluding carboxylic acids is 1. The summed E-state index contributed by atoms with van der Waals surface area (Å²) in [6.45, 7) is 9.16. The van der Waals surface area contributed by atoms with Gasteiger partial charge in [0, 0.05) is 45.3 Å². The van der Waals surface area contributed by atoms with Crippen molar-refractivity contribution in [2.75, 3.05) is 59.1 Å². The highest BCUT2D eigenvalue weighted by Crippen LogP contribution is 2.05. The minimum absolute atomic E-state index is 0.184. The average Bonchev–Trinajstić information content (AvgIpc) is 2.41. The van der Waals surface area contributed by atoms with Crippen LogP contribution in [0, 0.1) is 0 Å². The maximum Gasteiger partial charge on any atom is 0.409 e. The monoisotopic (exact) mass is 257 g/mol. The van der Waals surface area contributed by atoms with E-state index in [4.69, 9.17) is 9.47 Å². The third kappa shape index (κ3) is 3.83. The predicted octanol–water partition coefficient (Wildman–Crippen LogP) is -0.251. The van der Waals surface area contributed by atoms with Crippen molar-refractivity contribution in [1.82, 2.24) is 15.1 Å². The van der Waals surface area contributed by atoms with Crippen LogP contribution in [0.5, 0.6) is 0 Å². The molecule has 2 aliphatic heterocycles. The molecule has 6 heteroatoms. The summed E-state index contributed by atoms with van der Waals surface area (Å²) in [7, 11) is 0. The fraction of sp³-hybridized carbons (Fsp3) is 0.917. The van der Waals surface area contributed by atoms with Gasteiger partial charge < -0.3 is 19.7 Å². The van der Waals surface area contributed by atoms with E-state index in [1.54, 1.807) is 4.90 Å². The zero-order valence-electron chi connectivity index (χ0n) is 11.1. The van der Waals surface area contributed by atoms with Gasteiger partial charge in [0.2, 0.25) is 0 Å². The highest BCUT2D eigenvalue weighted by Gasteiger charge is 2.24. The molecule has 104 valence electrons. The Morgan fingerprint density at radius 2 is 2.17 bits per heavy atom. The van der Waals surface area contributed by atoms with Crippen molar-refractivity contribution in [3.05, 3.63) is 0 Å². The number of piperazine rings is 1. The molecule has 1 unspecified atom stereocenters. The van der Waals surface area contributed by atoms with Crippen LogP contribution in [0.3, 0.4) is 0 Å². The van der Waals surface area contributed by atoms with Gasteiger partial charge in [0.05, 0.1) is 19.8 Å². The molecule has 6 nitrogen and oxygen atoms in total. The molecular weight excluding hydrogens is 234 g/mol. The van der Waals surface area contributed by atoms with Gasteiger partial charge in [0.1, 0.15) is 0 Å². The first-order valence-electron chi connectivity index (χ1n) is 6.74. The smallest absolute Gasteiger partial charge is 0.409 e. The molecule has 0 aliphatic carbocycles. The second-order valence-corrected chi connectivity index (χ2v) is 4.71. The van der Waals surface area contributed by atoms with Crippen LogP contribution in [-0.4, -0.2) is 81.0 Å². The molecule has 1 amide bonds. The zero-order chi connectivity index (χ0) is 12.8. The minimum atomic E-state index is -0.184. The van der Waals surface area contributed by atoms with E-state index in [1.165, 1.54) is 0 Å². The fourth-order valence-corrected chi connectivity index (χ4v) is 2.38. The fourth-order valence-electron chi connectivity index (χ4n) is 2.38. The van der Waals surface area contributed by atoms with E-state index in [-0.39, 0.29) is 6.09 Å². The van der Waals surface area contributed by atoms with Crippen LogP contribution in [0.25, 0.3) is 0 Å². The predicted molar refractivity (Wildman–Crippen MR) is 67.6 cm³/mol. The van der Waals surface area contributed by atoms with E-state index in [1.807, 2.05) is 6.92 Å². The second-order valence-electron chi connectivity index (χ2n) is 4.71. The van der Waals surface area contributed by atoms with Crippen molar-refractivity contribution in [2.24, 2.45) is 0 Å². The molecule has 2 heterocycles. The number of ether oxygens (including phenoxy) is 2. The zero-order valence-corrected chi connectivity index (χ0v) is 11.1. The molecule has 0 aromatic rings. The number of amides is 1. The van der Waals surface area contributed by atoms with Crippen LogP contribution < -0.4 is 5.32 Å². The van der Waals surface area contributed by atoms with Gasteiger partial charge in [-0.25, -0.2) is 4.79 Å². The Bertz CT molecular complexity index is 261. The average molecular weight is 257 g/mol. The van der Waals surface area contributed by atoms with Gasteiger partial charge in [-0.3, -0.25) is 4.90 Å². The van der Waals surface area contributed by atoms with Gasteiger partial charge in [0.15, 0.2) is 0 Å². The molecule has 2 saturated heterocycles. The summed E-state index contributed by atoms with van der Waals surface area (Å²) >= 11 is 0. The first-order chi connectivity index (χ1) is 8.79. The van der Waals surface area contributed by atoms with Crippen LogP contribution in [0.2, 0.25) is 0 Å². The second kappa shape index (κ2) is 6.92. The lowest BCUT2D eigenvalue weighted by Crippen LogP contribution is -2.54. The molecule has 0 aromatic carbocycles. The number of carbonyl (C=O) groups is 1. The summed E-state index contributed by atoms with van der Waals surface area (Å²) in [5, 5.41) is 3.45. The molecule has 18 heavy (non-hydrogen) atoms. The Balaban J connectivity index is 1.68. The Kier molecular flexibility index (Phi) is 5.22. The first-order valence-corrected chi connectivity index (χ1v) is 6.74. The number of nitrogens with zero attached hydrogens (tertiary/aromatic N) is 2. The summed E-state index contributed by atoms with van der Waals surface area (Å²) in [6.07, 6.45) is -0.184. The van der Waals surface area contributed by atoms with Crippen molar-refractivity contribution >= 4 is 6.09 Å². The summed E-state index contributed by atoms with van der Waals surface area (Å²) in [4.78, 5) is 15.7. The minimum Gasteiger partial charge on any atom is -0.450 e. The van der Waals surface area contributed by atoms with E-state index >= 15 is 0 Å². The molecule has 2 rings (SSSR count). The van der Waals surface area contributed by atoms with Crippen molar-refractivity contribution in [3.63, 3.8) is 0 Å². The third-order valence-electron chi connectivity index (χ3n) is 3.38. The molecule has 2 aliphatic rings. The molecule has 1 N–H and O–H groups in total. The van der Waals surface area contributed by atoms with Crippen molar-refractivity contribution in [3.8, 4) is 0 Å². The van der Waals surface area contributed by atoms with Gasteiger partial charge in [-0.15, -0.1) is 0 Å². The van der Waals surface area contributed by atoms with Crippen molar-refractivity contribution in [2.45, 2.75) is 13.0 Å². The summed E-state index contributed by atoms with van der Waals surface area (Å²) in [5.74, 6) is 0. The third-order valence-corrected chi connectivity index (χ3v) is 3.38. The molecular formula is C12H23N3O3. The van der Waals surface area contributed by atoms with Gasteiger partial charge >= 0.3 is 6.09 Å². The lowest BCUT2D eigenvalue weighted by Gasteiger charge is -2.36. The standard InChI is InChI=1S/C12H23N3O3/c1-2-18-12(16)15-6-4-14(5-7-15)9-11-10-17-8-3-13-11/h11,13H,2-10H2,1H3. The SMILES string of the molecule is CCOC(=O)N1CCN(CC2COCCN2)CC1. The summed E-state index contributed by atoms with van der Waals surface area (Å²) in [6, 6.07) is 0.424. The van der Waals surface area contributed by atoms with Crippen LogP contribution in [0.1, 0.15) is 6.92 Å². The highest BCUT2D eigenvalue weighted by molar-refractivity contribution is 5.67. The molecule has 0 saturated carbocycles. The van der Waals surface area contributed by atoms with Crippen molar-refractivity contribution in [1.29, 1.82) is 0 Å². The normalized spacial score (nSPS) is 26.1. The van der Waals surface area contributed by atoms with E-state index in [0.29, 0.717) is 12.6 Å². The molecule has 2 fully saturated rings. The molecule has 0 radical (unpaired) electrons. The lowest BCUT2D eigenvalue weighted by atomic mass is 10.2. The molecule has 0 aromatic heterocycles. The van der Waals surface area contributed by atoms with E-state index in [2.05, 4.69) is 10.2 Å². The Morgan fingerprint density at radius 3 is 2.78 bits per heavy atom. The number of morpholine rings is 1. The van der Waals surface area contributed by atoms with Gasteiger partial charge in [-0.2, -0.15) is 0 Å². The molecule has 0 bridgehead atoms. The number of rotatable bonds is 3. The topological polar surface area (TPSA) is 54.0 Å². The number of hydrogen-bond acceptors (Lipinski definition) is 5. The van der Waals surface area contributed by atoms with E-state index < -0.39 is 0 Å². The number of hydrogen-bond donors (Lipinski definition) is 1. The summed E-state index contributed by atoms with van der Waals surface area (Å²) < 4.78 is 10.4. The quantitative estimate of drug-likeness (QED) is 0.755.